The molecule has 1 saturated heterocycles. The molecular weight excluding hydrogens is 390 g/mol. The van der Waals surface area contributed by atoms with Crippen LogP contribution in [0.1, 0.15) is 32.3 Å². The van der Waals surface area contributed by atoms with E-state index in [1.54, 1.807) is 13.8 Å². The van der Waals surface area contributed by atoms with Gasteiger partial charge in [0.05, 0.1) is 11.6 Å². The predicted octanol–water partition coefficient (Wildman–Crippen LogP) is 4.22. The van der Waals surface area contributed by atoms with E-state index < -0.39 is 41.2 Å². The van der Waals surface area contributed by atoms with Crippen molar-refractivity contribution in [3.05, 3.63) is 40.2 Å². The maximum Gasteiger partial charge on any atom is 0.417 e. The number of hydrogen-bond donors (Lipinski definition) is 2. The van der Waals surface area contributed by atoms with E-state index in [1.165, 1.54) is 17.0 Å². The second kappa shape index (κ2) is 6.40. The van der Waals surface area contributed by atoms with Crippen molar-refractivity contribution in [3.8, 4) is 0 Å². The van der Waals surface area contributed by atoms with Gasteiger partial charge in [0.25, 0.3) is 0 Å². The molecule has 0 amide bonds. The normalized spacial score (nSPS) is 21.3. The number of hydrogen-bond acceptors (Lipinski definition) is 3. The molecule has 2 N–H and O–H groups in total. The van der Waals surface area contributed by atoms with Crippen LogP contribution >= 0.6 is 0 Å². The molecule has 154 valence electrons. The maximum absolute atomic E-state index is 13.4. The summed E-state index contributed by atoms with van der Waals surface area (Å²) in [6.45, 7) is 3.33. The van der Waals surface area contributed by atoms with Crippen LogP contribution in [0.25, 0.3) is 10.9 Å². The number of nitrogens with one attached hydrogen (secondary N) is 1. The van der Waals surface area contributed by atoms with Crippen LogP contribution in [0.2, 0.25) is 0 Å². The van der Waals surface area contributed by atoms with Crippen LogP contribution < -0.4 is 10.5 Å². The average molecular weight is 408 g/mol. The van der Waals surface area contributed by atoms with Gasteiger partial charge < -0.3 is 15.0 Å². The molecule has 1 aliphatic rings. The lowest BCUT2D eigenvalue weighted by atomic mass is 10.0. The number of benzene rings is 1. The third kappa shape index (κ3) is 3.57. The fourth-order valence-corrected chi connectivity index (χ4v) is 3.88. The first-order chi connectivity index (χ1) is 12.7. The van der Waals surface area contributed by atoms with Crippen molar-refractivity contribution in [1.82, 2.24) is 4.98 Å². The molecule has 0 bridgehead atoms. The topological polar surface area (TPSA) is 56.3 Å². The summed E-state index contributed by atoms with van der Waals surface area (Å²) in [4.78, 5) is 15.1. The number of aromatic nitrogens is 1. The Morgan fingerprint density at radius 2 is 1.82 bits per heavy atom. The Hall–Kier alpha value is -2.23. The zero-order valence-electron chi connectivity index (χ0n) is 14.9. The van der Waals surface area contributed by atoms with E-state index in [-0.39, 0.29) is 23.0 Å². The predicted molar refractivity (Wildman–Crippen MR) is 91.2 cm³/mol. The number of H-pyrrole nitrogens is 1. The van der Waals surface area contributed by atoms with Gasteiger partial charge >= 0.3 is 12.4 Å². The number of anilines is 1. The van der Waals surface area contributed by atoms with Crippen molar-refractivity contribution in [1.29, 1.82) is 0 Å². The molecule has 1 fully saturated rings. The Morgan fingerprint density at radius 3 is 2.39 bits per heavy atom. The highest BCUT2D eigenvalue weighted by Crippen LogP contribution is 2.43. The summed E-state index contributed by atoms with van der Waals surface area (Å²) < 4.78 is 79.4. The zero-order chi connectivity index (χ0) is 21.1. The van der Waals surface area contributed by atoms with Gasteiger partial charge in [0.15, 0.2) is 6.10 Å². The second-order valence-corrected chi connectivity index (χ2v) is 7.55. The lowest BCUT2D eigenvalue weighted by molar-refractivity contribution is -0.209. The minimum atomic E-state index is -4.86. The molecule has 4 nitrogen and oxygen atoms in total. The fraction of sp³-hybridized carbons (Fsp3) is 0.500. The molecule has 1 aromatic carbocycles. The van der Waals surface area contributed by atoms with Gasteiger partial charge in [0.1, 0.15) is 0 Å². The molecule has 1 aliphatic heterocycles. The third-order valence-electron chi connectivity index (χ3n) is 5.15. The number of fused-ring (bicyclic) bond motifs is 1. The van der Waals surface area contributed by atoms with E-state index in [2.05, 4.69) is 4.98 Å². The summed E-state index contributed by atoms with van der Waals surface area (Å²) in [6, 6.07) is 2.78. The second-order valence-electron chi connectivity index (χ2n) is 7.55. The molecule has 0 spiro atoms. The molecule has 28 heavy (non-hydrogen) atoms. The summed E-state index contributed by atoms with van der Waals surface area (Å²) in [7, 11) is 0. The summed E-state index contributed by atoms with van der Waals surface area (Å²) in [6.07, 6.45) is -12.0. The van der Waals surface area contributed by atoms with E-state index in [0.717, 1.165) is 6.07 Å². The first-order valence-corrected chi connectivity index (χ1v) is 8.50. The van der Waals surface area contributed by atoms with E-state index in [1.807, 2.05) is 0 Å². The van der Waals surface area contributed by atoms with Crippen molar-refractivity contribution < 1.29 is 31.4 Å². The van der Waals surface area contributed by atoms with E-state index in [9.17, 15) is 36.2 Å². The standard InChI is InChI=1S/C18H18F6N2O2/c1-16(2)6-5-13(15(28)18(22,23)24)26(16)9-3-4-12-10(7-9)11(17(19,20)21)8-14(27)25-12/h3-4,7-8,13,15,28H,5-6H2,1-2H3,(H,25,27)/t13?,15-/m1/s1. The lowest BCUT2D eigenvalue weighted by Gasteiger charge is -2.40. The molecule has 2 aromatic rings. The molecular formula is C18H18F6N2O2. The van der Waals surface area contributed by atoms with Gasteiger partial charge in [-0.25, -0.2) is 0 Å². The number of aliphatic hydroxyl groups excluding tert-OH is 1. The summed E-state index contributed by atoms with van der Waals surface area (Å²) >= 11 is 0. The molecule has 2 atom stereocenters. The number of halogens is 6. The first kappa shape index (κ1) is 20.5. The number of aromatic amines is 1. The average Bonchev–Trinajstić information content (AvgIpc) is 2.86. The number of nitrogens with zero attached hydrogens (tertiary/aromatic N) is 1. The van der Waals surface area contributed by atoms with E-state index >= 15 is 0 Å². The maximum atomic E-state index is 13.4. The van der Waals surface area contributed by atoms with Gasteiger partial charge in [-0.05, 0) is 44.9 Å². The van der Waals surface area contributed by atoms with Crippen LogP contribution in [-0.2, 0) is 6.18 Å². The van der Waals surface area contributed by atoms with Gasteiger partial charge in [-0.15, -0.1) is 0 Å². The highest BCUT2D eigenvalue weighted by molar-refractivity contribution is 5.86. The van der Waals surface area contributed by atoms with Crippen LogP contribution in [0.4, 0.5) is 32.0 Å². The molecule has 0 radical (unpaired) electrons. The SMILES string of the molecule is CC1(C)CCC([C@@H](O)C(F)(F)F)N1c1ccc2[nH]c(=O)cc(C(F)(F)F)c2c1. The molecule has 0 saturated carbocycles. The number of alkyl halides is 6. The number of rotatable bonds is 2. The first-order valence-electron chi connectivity index (χ1n) is 8.50. The minimum Gasteiger partial charge on any atom is -0.382 e. The Morgan fingerprint density at radius 1 is 1.18 bits per heavy atom. The van der Waals surface area contributed by atoms with Crippen LogP contribution in [0.15, 0.2) is 29.1 Å². The molecule has 3 rings (SSSR count). The smallest absolute Gasteiger partial charge is 0.382 e. The molecule has 1 unspecified atom stereocenters. The van der Waals surface area contributed by atoms with Crippen LogP contribution in [0, 0.1) is 0 Å². The third-order valence-corrected chi connectivity index (χ3v) is 5.15. The van der Waals surface area contributed by atoms with Gasteiger partial charge in [-0.2, -0.15) is 26.3 Å². The van der Waals surface area contributed by atoms with Crippen LogP contribution in [0.3, 0.4) is 0 Å². The largest absolute Gasteiger partial charge is 0.417 e. The number of pyridine rings is 1. The van der Waals surface area contributed by atoms with Gasteiger partial charge in [0.2, 0.25) is 5.56 Å². The van der Waals surface area contributed by atoms with Crippen LogP contribution in [-0.4, -0.2) is 34.0 Å². The summed E-state index contributed by atoms with van der Waals surface area (Å²) in [5.41, 5.74) is -2.88. The Kier molecular flexibility index (Phi) is 4.68. The summed E-state index contributed by atoms with van der Waals surface area (Å²) in [5, 5.41) is 9.46. The Labute approximate surface area is 155 Å². The van der Waals surface area contributed by atoms with Gasteiger partial charge in [-0.1, -0.05) is 0 Å². The van der Waals surface area contributed by atoms with Crippen LogP contribution in [0.5, 0.6) is 0 Å². The lowest BCUT2D eigenvalue weighted by Crippen LogP contribution is -2.52. The zero-order valence-corrected chi connectivity index (χ0v) is 14.9. The van der Waals surface area contributed by atoms with E-state index in [4.69, 9.17) is 0 Å². The van der Waals surface area contributed by atoms with Crippen molar-refractivity contribution >= 4 is 16.6 Å². The minimum absolute atomic E-state index is 0.0312. The quantitative estimate of drug-likeness (QED) is 0.732. The molecule has 2 heterocycles. The molecule has 1 aromatic heterocycles. The highest BCUT2D eigenvalue weighted by atomic mass is 19.4. The Balaban J connectivity index is 2.18. The summed E-state index contributed by atoms with van der Waals surface area (Å²) in [5.74, 6) is 0. The molecule has 0 aliphatic carbocycles. The molecule has 10 heteroatoms. The van der Waals surface area contributed by atoms with Crippen molar-refractivity contribution in [3.63, 3.8) is 0 Å². The number of aliphatic hydroxyl groups is 1. The van der Waals surface area contributed by atoms with Gasteiger partial charge in [-0.3, -0.25) is 4.79 Å². The Bertz CT molecular complexity index is 948. The van der Waals surface area contributed by atoms with Crippen molar-refractivity contribution in [2.45, 2.75) is 56.7 Å². The fourth-order valence-electron chi connectivity index (χ4n) is 3.88. The van der Waals surface area contributed by atoms with Crippen molar-refractivity contribution in [2.24, 2.45) is 0 Å². The van der Waals surface area contributed by atoms with E-state index in [0.29, 0.717) is 12.5 Å². The van der Waals surface area contributed by atoms with Crippen molar-refractivity contribution in [2.75, 3.05) is 4.90 Å². The highest BCUT2D eigenvalue weighted by Gasteiger charge is 2.51. The van der Waals surface area contributed by atoms with Gasteiger partial charge in [0, 0.05) is 28.2 Å². The monoisotopic (exact) mass is 408 g/mol.